The number of fused-ring (bicyclic) bond motifs is 3. The molecular weight excluding hydrogens is 386 g/mol. The van der Waals surface area contributed by atoms with Crippen LogP contribution in [0.1, 0.15) is 43.0 Å². The molecule has 156 valence electrons. The minimum Gasteiger partial charge on any atom is -0.379 e. The molecule has 1 amide bonds. The van der Waals surface area contributed by atoms with Gasteiger partial charge in [0.2, 0.25) is 5.91 Å². The Morgan fingerprint density at radius 2 is 1.97 bits per heavy atom. The molecule has 0 aromatic carbocycles. The molecule has 2 fully saturated rings. The predicted octanol–water partition coefficient (Wildman–Crippen LogP) is 2.65. The lowest BCUT2D eigenvalue weighted by molar-refractivity contribution is -0.129. The Hall–Kier alpha value is -1.77. The third-order valence-corrected chi connectivity index (χ3v) is 7.87. The second kappa shape index (κ2) is 8.16. The van der Waals surface area contributed by atoms with E-state index < -0.39 is 0 Å². The van der Waals surface area contributed by atoms with Crippen molar-refractivity contribution in [3.63, 3.8) is 0 Å². The van der Waals surface area contributed by atoms with E-state index in [4.69, 9.17) is 4.74 Å². The average Bonchev–Trinajstić information content (AvgIpc) is 3.13. The van der Waals surface area contributed by atoms with Crippen LogP contribution in [0.2, 0.25) is 0 Å². The zero-order valence-electron chi connectivity index (χ0n) is 17.0. The van der Waals surface area contributed by atoms with Gasteiger partial charge in [-0.3, -0.25) is 9.69 Å². The number of hydrogen-bond donors (Lipinski definition) is 1. The Kier molecular flexibility index (Phi) is 5.41. The molecule has 4 heterocycles. The molecule has 0 bridgehead atoms. The number of nitrogens with one attached hydrogen (secondary N) is 1. The van der Waals surface area contributed by atoms with E-state index in [1.807, 2.05) is 4.90 Å². The lowest BCUT2D eigenvalue weighted by Gasteiger charge is -2.39. The van der Waals surface area contributed by atoms with Gasteiger partial charge in [-0.2, -0.15) is 0 Å². The minimum absolute atomic E-state index is 0.141. The SMILES string of the molecule is CC(=O)N1CCc2sc3ncnc(NC4CCC(N5CCOCC5)CC4)c3c2C1. The zero-order chi connectivity index (χ0) is 19.8. The summed E-state index contributed by atoms with van der Waals surface area (Å²) in [5, 5.41) is 4.87. The number of amides is 1. The minimum atomic E-state index is 0.141. The van der Waals surface area contributed by atoms with Crippen LogP contribution >= 0.6 is 11.3 Å². The van der Waals surface area contributed by atoms with Gasteiger partial charge in [-0.25, -0.2) is 9.97 Å². The summed E-state index contributed by atoms with van der Waals surface area (Å²) in [7, 11) is 0. The van der Waals surface area contributed by atoms with E-state index in [-0.39, 0.29) is 5.91 Å². The standard InChI is InChI=1S/C21H29N5O2S/c1-14(27)26-7-6-18-17(12-26)19-20(22-13-23-21(19)29-18)24-15-2-4-16(5-3-15)25-8-10-28-11-9-25/h13,15-16H,2-12H2,1H3,(H,22,23,24). The highest BCUT2D eigenvalue weighted by Crippen LogP contribution is 2.38. The van der Waals surface area contributed by atoms with Gasteiger partial charge in [0.1, 0.15) is 17.0 Å². The van der Waals surface area contributed by atoms with Crippen molar-refractivity contribution in [3.8, 4) is 0 Å². The lowest BCUT2D eigenvalue weighted by atomic mass is 9.90. The van der Waals surface area contributed by atoms with E-state index in [0.717, 1.165) is 55.3 Å². The van der Waals surface area contributed by atoms with Crippen LogP contribution in [0.4, 0.5) is 5.82 Å². The molecule has 3 aliphatic rings. The Labute approximate surface area is 175 Å². The molecule has 1 N–H and O–H groups in total. The molecule has 2 aliphatic heterocycles. The molecule has 0 radical (unpaired) electrons. The second-order valence-electron chi connectivity index (χ2n) is 8.39. The highest BCUT2D eigenvalue weighted by Gasteiger charge is 2.29. The molecule has 5 rings (SSSR count). The topological polar surface area (TPSA) is 70.6 Å². The van der Waals surface area contributed by atoms with Crippen molar-refractivity contribution in [2.75, 3.05) is 38.2 Å². The molecule has 2 aromatic heterocycles. The van der Waals surface area contributed by atoms with Crippen molar-refractivity contribution < 1.29 is 9.53 Å². The van der Waals surface area contributed by atoms with Crippen molar-refractivity contribution in [1.29, 1.82) is 0 Å². The van der Waals surface area contributed by atoms with Gasteiger partial charge in [-0.1, -0.05) is 0 Å². The van der Waals surface area contributed by atoms with Gasteiger partial charge >= 0.3 is 0 Å². The Morgan fingerprint density at radius 3 is 2.72 bits per heavy atom. The number of carbonyl (C=O) groups is 1. The number of aromatic nitrogens is 2. The smallest absolute Gasteiger partial charge is 0.219 e. The number of ether oxygens (including phenoxy) is 1. The lowest BCUT2D eigenvalue weighted by Crippen LogP contribution is -2.46. The summed E-state index contributed by atoms with van der Waals surface area (Å²) in [6.07, 6.45) is 7.38. The fourth-order valence-electron chi connectivity index (χ4n) is 5.01. The number of rotatable bonds is 3. The van der Waals surface area contributed by atoms with E-state index in [9.17, 15) is 4.79 Å². The number of thiophene rings is 1. The maximum absolute atomic E-state index is 11.9. The summed E-state index contributed by atoms with van der Waals surface area (Å²) in [6.45, 7) is 7.02. The fourth-order valence-corrected chi connectivity index (χ4v) is 6.15. The summed E-state index contributed by atoms with van der Waals surface area (Å²) < 4.78 is 5.50. The van der Waals surface area contributed by atoms with E-state index >= 15 is 0 Å². The number of morpholine rings is 1. The Balaban J connectivity index is 1.31. The van der Waals surface area contributed by atoms with Gasteiger partial charge in [0.25, 0.3) is 0 Å². The van der Waals surface area contributed by atoms with E-state index in [1.54, 1.807) is 24.6 Å². The van der Waals surface area contributed by atoms with Crippen LogP contribution in [0.3, 0.4) is 0 Å². The predicted molar refractivity (Wildman–Crippen MR) is 114 cm³/mol. The number of hydrogen-bond acceptors (Lipinski definition) is 7. The third-order valence-electron chi connectivity index (χ3n) is 6.67. The molecule has 2 aromatic rings. The normalized spacial score (nSPS) is 25.8. The molecule has 0 spiro atoms. The number of nitrogens with zero attached hydrogens (tertiary/aromatic N) is 4. The van der Waals surface area contributed by atoms with Crippen LogP contribution in [0.5, 0.6) is 0 Å². The highest BCUT2D eigenvalue weighted by atomic mass is 32.1. The van der Waals surface area contributed by atoms with Crippen LogP contribution in [-0.4, -0.2) is 70.6 Å². The average molecular weight is 416 g/mol. The molecule has 1 saturated heterocycles. The maximum Gasteiger partial charge on any atom is 0.219 e. The van der Waals surface area contributed by atoms with Gasteiger partial charge < -0.3 is 15.0 Å². The molecule has 0 unspecified atom stereocenters. The fraction of sp³-hybridized carbons (Fsp3) is 0.667. The van der Waals surface area contributed by atoms with E-state index in [2.05, 4.69) is 20.2 Å². The first-order chi connectivity index (χ1) is 14.2. The van der Waals surface area contributed by atoms with Gasteiger partial charge in [-0.05, 0) is 37.7 Å². The number of carbonyl (C=O) groups excluding carboxylic acids is 1. The first-order valence-electron chi connectivity index (χ1n) is 10.8. The molecule has 1 saturated carbocycles. The van der Waals surface area contributed by atoms with Crippen molar-refractivity contribution in [2.24, 2.45) is 0 Å². The van der Waals surface area contributed by atoms with Crippen molar-refractivity contribution in [2.45, 2.75) is 57.7 Å². The van der Waals surface area contributed by atoms with E-state index in [1.165, 1.54) is 36.1 Å². The van der Waals surface area contributed by atoms with Crippen LogP contribution in [-0.2, 0) is 22.5 Å². The largest absolute Gasteiger partial charge is 0.379 e. The molecule has 29 heavy (non-hydrogen) atoms. The van der Waals surface area contributed by atoms with E-state index in [0.29, 0.717) is 18.6 Å². The first-order valence-corrected chi connectivity index (χ1v) is 11.6. The van der Waals surface area contributed by atoms with Crippen LogP contribution in [0.25, 0.3) is 10.2 Å². The summed E-state index contributed by atoms with van der Waals surface area (Å²) in [4.78, 5) is 28.0. The molecule has 7 nitrogen and oxygen atoms in total. The zero-order valence-corrected chi connectivity index (χ0v) is 17.8. The second-order valence-corrected chi connectivity index (χ2v) is 9.48. The third kappa shape index (κ3) is 3.85. The molecular formula is C21H29N5O2S. The van der Waals surface area contributed by atoms with Crippen molar-refractivity contribution >= 4 is 33.3 Å². The highest BCUT2D eigenvalue weighted by molar-refractivity contribution is 7.19. The molecule has 8 heteroatoms. The number of anilines is 1. The van der Waals surface area contributed by atoms with Gasteiger partial charge in [0.05, 0.1) is 18.6 Å². The molecule has 0 atom stereocenters. The van der Waals surface area contributed by atoms with Crippen LogP contribution in [0.15, 0.2) is 6.33 Å². The monoisotopic (exact) mass is 415 g/mol. The molecule has 1 aliphatic carbocycles. The van der Waals surface area contributed by atoms with Gasteiger partial charge in [0.15, 0.2) is 0 Å². The summed E-state index contributed by atoms with van der Waals surface area (Å²) in [6, 6.07) is 1.15. The van der Waals surface area contributed by atoms with Crippen LogP contribution < -0.4 is 5.32 Å². The van der Waals surface area contributed by atoms with Crippen molar-refractivity contribution in [3.05, 3.63) is 16.8 Å². The summed E-state index contributed by atoms with van der Waals surface area (Å²) >= 11 is 1.76. The van der Waals surface area contributed by atoms with Crippen LogP contribution in [0, 0.1) is 0 Å². The Bertz CT molecular complexity index is 887. The first kappa shape index (κ1) is 19.2. The summed E-state index contributed by atoms with van der Waals surface area (Å²) in [5.74, 6) is 1.09. The van der Waals surface area contributed by atoms with Gasteiger partial charge in [-0.15, -0.1) is 11.3 Å². The van der Waals surface area contributed by atoms with Gasteiger partial charge in [0, 0.05) is 50.1 Å². The van der Waals surface area contributed by atoms with Crippen molar-refractivity contribution in [1.82, 2.24) is 19.8 Å². The Morgan fingerprint density at radius 1 is 1.17 bits per heavy atom. The quantitative estimate of drug-likeness (QED) is 0.831. The maximum atomic E-state index is 11.9. The summed E-state index contributed by atoms with van der Waals surface area (Å²) in [5.41, 5.74) is 1.25.